The molecule has 0 spiro atoms. The van der Waals surface area contributed by atoms with Gasteiger partial charge in [-0.05, 0) is 26.8 Å². The van der Waals surface area contributed by atoms with Gasteiger partial charge in [0.05, 0.1) is 35.8 Å². The van der Waals surface area contributed by atoms with E-state index in [0.717, 1.165) is 6.20 Å². The average Bonchev–Trinajstić information content (AvgIpc) is 3.56. The van der Waals surface area contributed by atoms with E-state index in [9.17, 15) is 22.4 Å². The summed E-state index contributed by atoms with van der Waals surface area (Å²) >= 11 is 0. The van der Waals surface area contributed by atoms with Crippen LogP contribution in [0.15, 0.2) is 43.9 Å². The third-order valence-corrected chi connectivity index (χ3v) is 5.78. The lowest BCUT2D eigenvalue weighted by atomic mass is 10.1. The number of hydrogen-bond acceptors (Lipinski definition) is 9. The van der Waals surface area contributed by atoms with Crippen molar-refractivity contribution < 1.29 is 31.3 Å². The van der Waals surface area contributed by atoms with Gasteiger partial charge < -0.3 is 30.6 Å². The Hall–Kier alpha value is -3.94. The number of nitrogens with zero attached hydrogens (tertiary/aromatic N) is 3. The van der Waals surface area contributed by atoms with Crippen molar-refractivity contribution >= 4 is 28.8 Å². The Balaban J connectivity index is 1.60. The number of para-hydroxylation sites is 1. The van der Waals surface area contributed by atoms with Crippen LogP contribution in [-0.2, 0) is 17.8 Å². The van der Waals surface area contributed by atoms with Gasteiger partial charge >= 0.3 is 6.18 Å². The highest BCUT2D eigenvalue weighted by Gasteiger charge is 2.34. The normalized spacial score (nSPS) is 18.8. The highest BCUT2D eigenvalue weighted by atomic mass is 19.4. The predicted molar refractivity (Wildman–Crippen MR) is 137 cm³/mol. The molecule has 1 aliphatic heterocycles. The summed E-state index contributed by atoms with van der Waals surface area (Å²) in [4.78, 5) is 20.8. The minimum Gasteiger partial charge on any atom is -0.450 e. The molecule has 1 aromatic carbocycles. The lowest BCUT2D eigenvalue weighted by Gasteiger charge is -2.15. The van der Waals surface area contributed by atoms with Gasteiger partial charge in [-0.2, -0.15) is 18.2 Å². The van der Waals surface area contributed by atoms with Crippen LogP contribution >= 0.6 is 0 Å². The highest BCUT2D eigenvalue weighted by molar-refractivity contribution is 6.12. The van der Waals surface area contributed by atoms with Crippen LogP contribution in [0.4, 0.5) is 23.2 Å². The first-order chi connectivity index (χ1) is 18.3. The van der Waals surface area contributed by atoms with E-state index in [1.807, 2.05) is 20.8 Å². The summed E-state index contributed by atoms with van der Waals surface area (Å²) in [5.74, 6) is -1.10. The van der Waals surface area contributed by atoms with Gasteiger partial charge in [0.1, 0.15) is 6.17 Å². The monoisotopic (exact) mass is 551 g/mol. The second-order valence-electron chi connectivity index (χ2n) is 10.1. The minimum atomic E-state index is -4.56. The van der Waals surface area contributed by atoms with Gasteiger partial charge in [0.25, 0.3) is 5.91 Å². The predicted octanol–water partition coefficient (Wildman–Crippen LogP) is 3.64. The molecule has 1 fully saturated rings. The second kappa shape index (κ2) is 11.0. The molecule has 1 aliphatic rings. The summed E-state index contributed by atoms with van der Waals surface area (Å²) in [6, 6.07) is 4.06. The first kappa shape index (κ1) is 28.1. The van der Waals surface area contributed by atoms with E-state index >= 15 is 0 Å². The maximum atomic E-state index is 14.2. The summed E-state index contributed by atoms with van der Waals surface area (Å²) in [6.45, 7) is 5.85. The first-order valence-corrected chi connectivity index (χ1v) is 12.2. The minimum absolute atomic E-state index is 0.0726. The standard InChI is InChI=1S/C25H29F4N7O3/c1-24(2,3)33-9-13(8-30)23(37)32-12-19-35-22(36-39-19)21-15(7-25(27,28)29)14-5-4-6-17(20(14)38-21)34-18-11-31-10-16(18)26/h4-6,8-9,16,18,31,34H,7,10-12,30H2,1-3H3,(H,32,37)/b13-8+,33-9?. The number of halogens is 4. The zero-order valence-corrected chi connectivity index (χ0v) is 21.5. The van der Waals surface area contributed by atoms with Gasteiger partial charge in [0.2, 0.25) is 11.7 Å². The Kier molecular flexibility index (Phi) is 7.95. The van der Waals surface area contributed by atoms with Gasteiger partial charge in [0, 0.05) is 36.5 Å². The number of aliphatic imine (C=N–C) groups is 1. The summed E-state index contributed by atoms with van der Waals surface area (Å²) in [7, 11) is 0. The van der Waals surface area contributed by atoms with Crippen LogP contribution in [0.3, 0.4) is 0 Å². The number of rotatable bonds is 8. The number of fused-ring (bicyclic) bond motifs is 1. The molecule has 0 aliphatic carbocycles. The molecule has 1 saturated heterocycles. The molecule has 3 aromatic rings. The maximum Gasteiger partial charge on any atom is 0.393 e. The van der Waals surface area contributed by atoms with Crippen molar-refractivity contribution in [1.29, 1.82) is 0 Å². The largest absolute Gasteiger partial charge is 0.450 e. The third-order valence-electron chi connectivity index (χ3n) is 5.78. The fourth-order valence-corrected chi connectivity index (χ4v) is 3.95. The van der Waals surface area contributed by atoms with E-state index in [4.69, 9.17) is 14.7 Å². The molecular formula is C25H29F4N7O3. The number of anilines is 1. The number of nitrogens with one attached hydrogen (secondary N) is 3. The molecule has 0 radical (unpaired) electrons. The average molecular weight is 552 g/mol. The summed E-state index contributed by atoms with van der Waals surface area (Å²) < 4.78 is 65.8. The number of carbonyl (C=O) groups excluding carboxylic acids is 1. The maximum absolute atomic E-state index is 14.2. The molecule has 2 aromatic heterocycles. The van der Waals surface area contributed by atoms with E-state index in [1.54, 1.807) is 12.1 Å². The van der Waals surface area contributed by atoms with E-state index in [2.05, 4.69) is 31.1 Å². The lowest BCUT2D eigenvalue weighted by molar-refractivity contribution is -0.127. The number of nitrogens with two attached hydrogens (primary N) is 1. The van der Waals surface area contributed by atoms with E-state index < -0.39 is 36.3 Å². The molecule has 10 nitrogen and oxygen atoms in total. The Morgan fingerprint density at radius 3 is 2.69 bits per heavy atom. The molecule has 1 amide bonds. The third kappa shape index (κ3) is 6.93. The topological polar surface area (TPSA) is 144 Å². The number of benzene rings is 1. The summed E-state index contributed by atoms with van der Waals surface area (Å²) in [6.07, 6.45) is -4.61. The molecular weight excluding hydrogens is 522 g/mol. The van der Waals surface area contributed by atoms with Gasteiger partial charge in [-0.25, -0.2) is 4.39 Å². The molecule has 14 heteroatoms. The van der Waals surface area contributed by atoms with E-state index in [-0.39, 0.29) is 52.7 Å². The van der Waals surface area contributed by atoms with Gasteiger partial charge in [-0.15, -0.1) is 0 Å². The van der Waals surface area contributed by atoms with Crippen LogP contribution in [0.5, 0.6) is 0 Å². The molecule has 210 valence electrons. The molecule has 0 bridgehead atoms. The van der Waals surface area contributed by atoms with Crippen LogP contribution in [-0.4, -0.2) is 59.3 Å². The SMILES string of the molecule is CC(C)(C)N=C/C(=C\N)C(=O)NCc1nc(-c2oc3c(NC4CNCC4F)cccc3c2CC(F)(F)F)no1. The fraction of sp³-hybridized carbons (Fsp3) is 0.440. The van der Waals surface area contributed by atoms with E-state index in [0.29, 0.717) is 12.2 Å². The van der Waals surface area contributed by atoms with Crippen LogP contribution < -0.4 is 21.7 Å². The Morgan fingerprint density at radius 1 is 1.28 bits per heavy atom. The molecule has 3 heterocycles. The zero-order chi connectivity index (χ0) is 28.4. The van der Waals surface area contributed by atoms with Crippen LogP contribution in [0.2, 0.25) is 0 Å². The second-order valence-corrected chi connectivity index (χ2v) is 10.1. The molecule has 2 atom stereocenters. The van der Waals surface area contributed by atoms with Crippen LogP contribution in [0.25, 0.3) is 22.6 Å². The molecule has 39 heavy (non-hydrogen) atoms. The first-order valence-electron chi connectivity index (χ1n) is 12.2. The molecule has 0 saturated carbocycles. The summed E-state index contributed by atoms with van der Waals surface area (Å²) in [5, 5.41) is 12.4. The number of alkyl halides is 4. The lowest BCUT2D eigenvalue weighted by Crippen LogP contribution is -2.29. The number of amides is 1. The highest BCUT2D eigenvalue weighted by Crippen LogP contribution is 2.39. The smallest absolute Gasteiger partial charge is 0.393 e. The quantitative estimate of drug-likeness (QED) is 0.189. The van der Waals surface area contributed by atoms with Crippen LogP contribution in [0.1, 0.15) is 32.2 Å². The molecule has 2 unspecified atom stereocenters. The van der Waals surface area contributed by atoms with Gasteiger partial charge in [0.15, 0.2) is 11.3 Å². The fourth-order valence-electron chi connectivity index (χ4n) is 3.95. The Morgan fingerprint density at radius 2 is 2.05 bits per heavy atom. The summed E-state index contributed by atoms with van der Waals surface area (Å²) in [5.41, 5.74) is 5.47. The van der Waals surface area contributed by atoms with Crippen molar-refractivity contribution in [1.82, 2.24) is 20.8 Å². The number of aromatic nitrogens is 2. The van der Waals surface area contributed by atoms with Crippen LogP contribution in [0, 0.1) is 0 Å². The van der Waals surface area contributed by atoms with E-state index in [1.165, 1.54) is 12.3 Å². The molecule has 4 rings (SSSR count). The van der Waals surface area contributed by atoms with Gasteiger partial charge in [-0.3, -0.25) is 9.79 Å². The Labute approximate surface area is 221 Å². The molecule has 5 N–H and O–H groups in total. The number of carbonyl (C=O) groups is 1. The Bertz CT molecular complexity index is 1390. The van der Waals surface area contributed by atoms with Crippen molar-refractivity contribution in [2.45, 2.75) is 57.7 Å². The number of hydrogen-bond donors (Lipinski definition) is 4. The zero-order valence-electron chi connectivity index (χ0n) is 21.5. The number of furan rings is 1. The van der Waals surface area contributed by atoms with Crippen molar-refractivity contribution in [3.8, 4) is 11.6 Å². The van der Waals surface area contributed by atoms with Crippen molar-refractivity contribution in [3.63, 3.8) is 0 Å². The van der Waals surface area contributed by atoms with Crippen molar-refractivity contribution in [3.05, 3.63) is 41.4 Å². The van der Waals surface area contributed by atoms with Gasteiger partial charge in [-0.1, -0.05) is 17.3 Å². The van der Waals surface area contributed by atoms with Crippen molar-refractivity contribution in [2.24, 2.45) is 10.7 Å². The van der Waals surface area contributed by atoms with Crippen molar-refractivity contribution in [2.75, 3.05) is 18.4 Å².